The van der Waals surface area contributed by atoms with Crippen molar-refractivity contribution in [2.45, 2.75) is 25.7 Å². The molecule has 2 rings (SSSR count). The molecule has 0 bridgehead atoms. The van der Waals surface area contributed by atoms with Crippen LogP contribution in [0, 0.1) is 0 Å². The molecule has 1 aliphatic carbocycles. The number of hydrogen-bond acceptors (Lipinski definition) is 3. The van der Waals surface area contributed by atoms with Gasteiger partial charge in [-0.25, -0.2) is 4.98 Å². The summed E-state index contributed by atoms with van der Waals surface area (Å²) in [6.07, 6.45) is 10.8. The van der Waals surface area contributed by atoms with Crippen LogP contribution < -0.4 is 5.32 Å². The van der Waals surface area contributed by atoms with Crippen molar-refractivity contribution in [3.8, 4) is 0 Å². The minimum atomic E-state index is 0.824. The van der Waals surface area contributed by atoms with Crippen molar-refractivity contribution in [2.24, 2.45) is 0 Å². The third-order valence-corrected chi connectivity index (χ3v) is 2.53. The summed E-state index contributed by atoms with van der Waals surface area (Å²) in [5, 5.41) is 2.96. The van der Waals surface area contributed by atoms with Crippen LogP contribution in [0.1, 0.15) is 31.4 Å². The van der Waals surface area contributed by atoms with Crippen molar-refractivity contribution >= 4 is 11.4 Å². The highest BCUT2D eigenvalue weighted by atomic mass is 15.0. The summed E-state index contributed by atoms with van der Waals surface area (Å²) in [5.41, 5.74) is 2.38. The first-order chi connectivity index (χ1) is 6.90. The Morgan fingerprint density at radius 3 is 2.71 bits per heavy atom. The van der Waals surface area contributed by atoms with Crippen LogP contribution >= 0.6 is 0 Å². The second-order valence-electron chi connectivity index (χ2n) is 3.51. The second kappa shape index (κ2) is 4.22. The molecule has 0 radical (unpaired) electrons. The lowest BCUT2D eigenvalue weighted by Gasteiger charge is -2.11. The molecule has 0 amide bonds. The quantitative estimate of drug-likeness (QED) is 0.776. The zero-order valence-electron chi connectivity index (χ0n) is 8.45. The summed E-state index contributed by atoms with van der Waals surface area (Å²) < 4.78 is 0. The maximum atomic E-state index is 4.38. The minimum absolute atomic E-state index is 0.824. The fourth-order valence-corrected chi connectivity index (χ4v) is 1.69. The molecular weight excluding hydrogens is 174 g/mol. The van der Waals surface area contributed by atoms with E-state index in [2.05, 4.69) is 21.4 Å². The Morgan fingerprint density at radius 2 is 2.14 bits per heavy atom. The Labute approximate surface area is 84.3 Å². The molecule has 3 heteroatoms. The average Bonchev–Trinajstić information content (AvgIpc) is 2.30. The molecule has 0 fully saturated rings. The molecule has 0 aromatic carbocycles. The highest BCUT2D eigenvalue weighted by Crippen LogP contribution is 2.24. The van der Waals surface area contributed by atoms with Crippen molar-refractivity contribution in [3.05, 3.63) is 24.2 Å². The lowest BCUT2D eigenvalue weighted by molar-refractivity contribution is 0.739. The number of aromatic nitrogens is 2. The maximum Gasteiger partial charge on any atom is 0.144 e. The molecule has 1 aromatic heterocycles. The second-order valence-corrected chi connectivity index (χ2v) is 3.51. The van der Waals surface area contributed by atoms with Crippen molar-refractivity contribution < 1.29 is 0 Å². The average molecular weight is 189 g/mol. The van der Waals surface area contributed by atoms with Gasteiger partial charge in [0.1, 0.15) is 5.82 Å². The molecule has 0 aliphatic heterocycles. The molecule has 0 atom stereocenters. The van der Waals surface area contributed by atoms with E-state index in [1.165, 1.54) is 24.8 Å². The van der Waals surface area contributed by atoms with Gasteiger partial charge in [0.15, 0.2) is 0 Å². The molecule has 3 nitrogen and oxygen atoms in total. The summed E-state index contributed by atoms with van der Waals surface area (Å²) in [6.45, 7) is 0. The van der Waals surface area contributed by atoms with Crippen LogP contribution in [-0.2, 0) is 0 Å². The molecule has 0 unspecified atom stereocenters. The summed E-state index contributed by atoms with van der Waals surface area (Å²) in [4.78, 5) is 8.64. The number of nitrogens with one attached hydrogen (secondary N) is 1. The smallest absolute Gasteiger partial charge is 0.144 e. The number of allylic oxidation sites excluding steroid dienone is 2. The zero-order valence-corrected chi connectivity index (χ0v) is 8.45. The third-order valence-electron chi connectivity index (χ3n) is 2.53. The molecule has 0 spiro atoms. The van der Waals surface area contributed by atoms with Gasteiger partial charge in [-0.3, -0.25) is 4.98 Å². The van der Waals surface area contributed by atoms with Gasteiger partial charge in [0.25, 0.3) is 0 Å². The standard InChI is InChI=1S/C11H15N3/c1-12-11-8-13-10(7-14-11)9-5-3-2-4-6-9/h5,7-8H,2-4,6H2,1H3,(H,12,14). The van der Waals surface area contributed by atoms with Crippen LogP contribution in [0.25, 0.3) is 5.57 Å². The van der Waals surface area contributed by atoms with Gasteiger partial charge in [-0.15, -0.1) is 0 Å². The van der Waals surface area contributed by atoms with Crippen molar-refractivity contribution in [1.29, 1.82) is 0 Å². The van der Waals surface area contributed by atoms with E-state index < -0.39 is 0 Å². The first kappa shape index (κ1) is 9.19. The van der Waals surface area contributed by atoms with Gasteiger partial charge in [0.05, 0.1) is 18.1 Å². The number of anilines is 1. The van der Waals surface area contributed by atoms with E-state index in [1.807, 2.05) is 13.2 Å². The minimum Gasteiger partial charge on any atom is -0.372 e. The van der Waals surface area contributed by atoms with E-state index in [4.69, 9.17) is 0 Å². The first-order valence-corrected chi connectivity index (χ1v) is 5.09. The Kier molecular flexibility index (Phi) is 2.77. The van der Waals surface area contributed by atoms with Gasteiger partial charge in [-0.1, -0.05) is 6.08 Å². The predicted molar refractivity (Wildman–Crippen MR) is 58.0 cm³/mol. The van der Waals surface area contributed by atoms with E-state index in [-0.39, 0.29) is 0 Å². The molecular formula is C11H15N3. The molecule has 14 heavy (non-hydrogen) atoms. The van der Waals surface area contributed by atoms with Gasteiger partial charge in [-0.05, 0) is 31.3 Å². The van der Waals surface area contributed by atoms with Gasteiger partial charge >= 0.3 is 0 Å². The van der Waals surface area contributed by atoms with Gasteiger partial charge < -0.3 is 5.32 Å². The molecule has 1 aromatic rings. The van der Waals surface area contributed by atoms with Crippen LogP contribution in [0.15, 0.2) is 18.5 Å². The van der Waals surface area contributed by atoms with Crippen LogP contribution in [0.5, 0.6) is 0 Å². The Morgan fingerprint density at radius 1 is 1.21 bits per heavy atom. The topological polar surface area (TPSA) is 37.8 Å². The number of rotatable bonds is 2. The van der Waals surface area contributed by atoms with Crippen molar-refractivity contribution in [3.63, 3.8) is 0 Å². The maximum absolute atomic E-state index is 4.38. The monoisotopic (exact) mass is 189 g/mol. The SMILES string of the molecule is CNc1cnc(C2=CCCCC2)cn1. The van der Waals surface area contributed by atoms with Crippen LogP contribution in [0.4, 0.5) is 5.82 Å². The highest BCUT2D eigenvalue weighted by Gasteiger charge is 2.07. The molecule has 1 heterocycles. The number of nitrogens with zero attached hydrogens (tertiary/aromatic N) is 2. The van der Waals surface area contributed by atoms with Crippen LogP contribution in [0.3, 0.4) is 0 Å². The largest absolute Gasteiger partial charge is 0.372 e. The zero-order chi connectivity index (χ0) is 9.80. The van der Waals surface area contributed by atoms with Gasteiger partial charge in [-0.2, -0.15) is 0 Å². The van der Waals surface area contributed by atoms with Crippen molar-refractivity contribution in [1.82, 2.24) is 9.97 Å². The summed E-state index contributed by atoms with van der Waals surface area (Å²) in [5.74, 6) is 0.824. The molecule has 74 valence electrons. The van der Waals surface area contributed by atoms with Gasteiger partial charge in [0, 0.05) is 7.05 Å². The first-order valence-electron chi connectivity index (χ1n) is 5.09. The van der Waals surface area contributed by atoms with Crippen molar-refractivity contribution in [2.75, 3.05) is 12.4 Å². The Balaban J connectivity index is 2.19. The fourth-order valence-electron chi connectivity index (χ4n) is 1.69. The van der Waals surface area contributed by atoms with Gasteiger partial charge in [0.2, 0.25) is 0 Å². The predicted octanol–water partition coefficient (Wildman–Crippen LogP) is 2.48. The molecule has 0 saturated heterocycles. The fraction of sp³-hybridized carbons (Fsp3) is 0.455. The van der Waals surface area contributed by atoms with Crippen LogP contribution in [-0.4, -0.2) is 17.0 Å². The summed E-state index contributed by atoms with van der Waals surface area (Å²) >= 11 is 0. The summed E-state index contributed by atoms with van der Waals surface area (Å²) in [6, 6.07) is 0. The van der Waals surface area contributed by atoms with Crippen LogP contribution in [0.2, 0.25) is 0 Å². The lowest BCUT2D eigenvalue weighted by atomic mass is 9.97. The van der Waals surface area contributed by atoms with E-state index in [9.17, 15) is 0 Å². The lowest BCUT2D eigenvalue weighted by Crippen LogP contribution is -1.98. The Hall–Kier alpha value is -1.38. The molecule has 1 N–H and O–H groups in total. The highest BCUT2D eigenvalue weighted by molar-refractivity contribution is 5.62. The van der Waals surface area contributed by atoms with E-state index in [0.29, 0.717) is 0 Å². The molecule has 0 saturated carbocycles. The van der Waals surface area contributed by atoms with E-state index in [0.717, 1.165) is 17.9 Å². The number of hydrogen-bond donors (Lipinski definition) is 1. The van der Waals surface area contributed by atoms with E-state index >= 15 is 0 Å². The Bertz CT molecular complexity index is 327. The summed E-state index contributed by atoms with van der Waals surface area (Å²) in [7, 11) is 1.85. The normalized spacial score (nSPS) is 16.2. The third kappa shape index (κ3) is 1.92. The molecule has 1 aliphatic rings. The van der Waals surface area contributed by atoms with E-state index in [1.54, 1.807) is 6.20 Å².